The molecular formula is C23H29N3O4S. The molecule has 1 fully saturated rings. The summed E-state index contributed by atoms with van der Waals surface area (Å²) in [6.45, 7) is 1.10. The molecule has 1 aromatic heterocycles. The van der Waals surface area contributed by atoms with Gasteiger partial charge < -0.3 is 9.64 Å². The van der Waals surface area contributed by atoms with Crippen molar-refractivity contribution in [3.05, 3.63) is 59.4 Å². The Labute approximate surface area is 184 Å². The molecule has 1 atom stereocenters. The number of fused-ring (bicyclic) bond motifs is 1. The minimum Gasteiger partial charge on any atom is -0.375 e. The number of amides is 1. The van der Waals surface area contributed by atoms with E-state index in [1.165, 1.54) is 17.0 Å². The zero-order chi connectivity index (χ0) is 21.8. The van der Waals surface area contributed by atoms with E-state index in [1.807, 2.05) is 24.3 Å². The lowest BCUT2D eigenvalue weighted by molar-refractivity contribution is -0.139. The van der Waals surface area contributed by atoms with Crippen molar-refractivity contribution in [1.29, 1.82) is 0 Å². The van der Waals surface area contributed by atoms with E-state index >= 15 is 0 Å². The van der Waals surface area contributed by atoms with E-state index in [0.717, 1.165) is 36.8 Å². The van der Waals surface area contributed by atoms with Crippen molar-refractivity contribution >= 4 is 15.9 Å². The molecule has 4 rings (SSSR count). The molecule has 8 heteroatoms. The SMILES string of the molecule is COCC(=O)N(Cc1cccnc1)C1CCCN(S(=O)(=O)c2ccc3c(c2)CCC3)C1. The molecule has 1 aliphatic carbocycles. The summed E-state index contributed by atoms with van der Waals surface area (Å²) in [5.74, 6) is -0.145. The van der Waals surface area contributed by atoms with Gasteiger partial charge in [-0.2, -0.15) is 4.31 Å². The zero-order valence-electron chi connectivity index (χ0n) is 17.9. The summed E-state index contributed by atoms with van der Waals surface area (Å²) in [6.07, 6.45) is 7.92. The lowest BCUT2D eigenvalue weighted by Gasteiger charge is -2.39. The summed E-state index contributed by atoms with van der Waals surface area (Å²) >= 11 is 0. The Morgan fingerprint density at radius 3 is 2.84 bits per heavy atom. The molecule has 0 saturated carbocycles. The van der Waals surface area contributed by atoms with Gasteiger partial charge in [-0.15, -0.1) is 0 Å². The topological polar surface area (TPSA) is 79.8 Å². The van der Waals surface area contributed by atoms with Gasteiger partial charge in [0.15, 0.2) is 0 Å². The van der Waals surface area contributed by atoms with Crippen molar-refractivity contribution in [2.24, 2.45) is 0 Å². The van der Waals surface area contributed by atoms with Crippen LogP contribution in [0.3, 0.4) is 0 Å². The van der Waals surface area contributed by atoms with Crippen LogP contribution in [0.5, 0.6) is 0 Å². The largest absolute Gasteiger partial charge is 0.375 e. The molecule has 1 amide bonds. The molecule has 0 spiro atoms. The third kappa shape index (κ3) is 4.81. The van der Waals surface area contributed by atoms with Gasteiger partial charge in [0.2, 0.25) is 15.9 Å². The molecular weight excluding hydrogens is 414 g/mol. The van der Waals surface area contributed by atoms with Gasteiger partial charge in [-0.25, -0.2) is 8.42 Å². The number of rotatable bonds is 7. The fraction of sp³-hybridized carbons (Fsp3) is 0.478. The van der Waals surface area contributed by atoms with Crippen LogP contribution in [0.4, 0.5) is 0 Å². The fourth-order valence-electron chi connectivity index (χ4n) is 4.57. The van der Waals surface area contributed by atoms with Crippen LogP contribution in [-0.2, 0) is 38.9 Å². The number of benzene rings is 1. The van der Waals surface area contributed by atoms with Crippen molar-refractivity contribution < 1.29 is 17.9 Å². The molecule has 1 unspecified atom stereocenters. The second-order valence-electron chi connectivity index (χ2n) is 8.26. The quantitative estimate of drug-likeness (QED) is 0.657. The molecule has 7 nitrogen and oxygen atoms in total. The predicted molar refractivity (Wildman–Crippen MR) is 117 cm³/mol. The number of methoxy groups -OCH3 is 1. The number of hydrogen-bond acceptors (Lipinski definition) is 5. The molecule has 2 aromatic rings. The minimum atomic E-state index is -3.61. The van der Waals surface area contributed by atoms with Crippen LogP contribution >= 0.6 is 0 Å². The van der Waals surface area contributed by atoms with E-state index in [-0.39, 0.29) is 25.1 Å². The lowest BCUT2D eigenvalue weighted by atomic mass is 10.0. The predicted octanol–water partition coefficient (Wildman–Crippen LogP) is 2.40. The van der Waals surface area contributed by atoms with E-state index < -0.39 is 10.0 Å². The Balaban J connectivity index is 1.55. The van der Waals surface area contributed by atoms with Crippen molar-refractivity contribution in [2.45, 2.75) is 49.6 Å². The number of carbonyl (C=O) groups is 1. The van der Waals surface area contributed by atoms with Crippen molar-refractivity contribution in [3.63, 3.8) is 0 Å². The van der Waals surface area contributed by atoms with Crippen LogP contribution in [-0.4, -0.2) is 61.4 Å². The third-order valence-electron chi connectivity index (χ3n) is 6.17. The van der Waals surface area contributed by atoms with Crippen LogP contribution in [0.25, 0.3) is 0 Å². The number of carbonyl (C=O) groups excluding carboxylic acids is 1. The van der Waals surface area contributed by atoms with Crippen molar-refractivity contribution in [3.8, 4) is 0 Å². The number of aryl methyl sites for hydroxylation is 2. The monoisotopic (exact) mass is 443 g/mol. The summed E-state index contributed by atoms with van der Waals surface area (Å²) < 4.78 is 33.4. The Morgan fingerprint density at radius 1 is 1.23 bits per heavy atom. The Morgan fingerprint density at radius 2 is 2.06 bits per heavy atom. The fourth-order valence-corrected chi connectivity index (χ4v) is 6.13. The standard InChI is InChI=1S/C23H29N3O4S/c1-30-17-23(27)26(15-18-5-3-11-24-14-18)21-8-4-12-25(16-21)31(28,29)22-10-9-19-6-2-7-20(19)13-22/h3,5,9-11,13-14,21H,2,4,6-8,12,15-17H2,1H3. The normalized spacial score (nSPS) is 19.2. The first-order valence-electron chi connectivity index (χ1n) is 10.8. The molecule has 2 heterocycles. The van der Waals surface area contributed by atoms with Gasteiger partial charge in [-0.1, -0.05) is 12.1 Å². The second-order valence-corrected chi connectivity index (χ2v) is 10.2. The van der Waals surface area contributed by atoms with Gasteiger partial charge in [-0.05, 0) is 67.0 Å². The average Bonchev–Trinajstić information content (AvgIpc) is 3.26. The summed E-state index contributed by atoms with van der Waals surface area (Å²) in [7, 11) is -2.12. The maximum atomic E-state index is 13.4. The Hall–Kier alpha value is -2.29. The minimum absolute atomic E-state index is 0.0334. The molecule has 0 radical (unpaired) electrons. The second kappa shape index (κ2) is 9.46. The van der Waals surface area contributed by atoms with E-state index in [1.54, 1.807) is 23.4 Å². The first-order valence-corrected chi connectivity index (χ1v) is 12.2. The molecule has 1 aromatic carbocycles. The van der Waals surface area contributed by atoms with Crippen LogP contribution in [0, 0.1) is 0 Å². The highest BCUT2D eigenvalue weighted by Gasteiger charge is 2.35. The van der Waals surface area contributed by atoms with E-state index in [9.17, 15) is 13.2 Å². The lowest BCUT2D eigenvalue weighted by Crippen LogP contribution is -2.52. The van der Waals surface area contributed by atoms with Crippen molar-refractivity contribution in [1.82, 2.24) is 14.2 Å². The molecule has 0 bridgehead atoms. The highest BCUT2D eigenvalue weighted by atomic mass is 32.2. The Kier molecular flexibility index (Phi) is 6.69. The Bertz CT molecular complexity index is 1030. The third-order valence-corrected chi connectivity index (χ3v) is 8.03. The molecule has 31 heavy (non-hydrogen) atoms. The molecule has 166 valence electrons. The highest BCUT2D eigenvalue weighted by molar-refractivity contribution is 7.89. The zero-order valence-corrected chi connectivity index (χ0v) is 18.7. The highest BCUT2D eigenvalue weighted by Crippen LogP contribution is 2.28. The first-order chi connectivity index (χ1) is 15.0. The summed E-state index contributed by atoms with van der Waals surface area (Å²) in [5, 5.41) is 0. The molecule has 0 N–H and O–H groups in total. The maximum Gasteiger partial charge on any atom is 0.249 e. The summed E-state index contributed by atoms with van der Waals surface area (Å²) in [5.41, 5.74) is 3.30. The van der Waals surface area contributed by atoms with Crippen LogP contribution in [0.2, 0.25) is 0 Å². The number of nitrogens with zero attached hydrogens (tertiary/aromatic N) is 3. The van der Waals surface area contributed by atoms with Gasteiger partial charge >= 0.3 is 0 Å². The van der Waals surface area contributed by atoms with E-state index in [2.05, 4.69) is 4.98 Å². The van der Waals surface area contributed by atoms with Gasteiger partial charge in [0, 0.05) is 45.2 Å². The maximum absolute atomic E-state index is 13.4. The number of pyridine rings is 1. The first kappa shape index (κ1) is 21.9. The van der Waals surface area contributed by atoms with Gasteiger partial charge in [0.25, 0.3) is 0 Å². The number of hydrogen-bond donors (Lipinski definition) is 0. The van der Waals surface area contributed by atoms with Gasteiger partial charge in [-0.3, -0.25) is 9.78 Å². The number of aromatic nitrogens is 1. The van der Waals surface area contributed by atoms with Gasteiger partial charge in [0.1, 0.15) is 6.61 Å². The smallest absolute Gasteiger partial charge is 0.249 e. The van der Waals surface area contributed by atoms with E-state index in [0.29, 0.717) is 24.4 Å². The average molecular weight is 444 g/mol. The van der Waals surface area contributed by atoms with Crippen LogP contribution in [0.15, 0.2) is 47.6 Å². The molecule has 2 aliphatic rings. The van der Waals surface area contributed by atoms with Gasteiger partial charge in [0.05, 0.1) is 4.90 Å². The number of piperidine rings is 1. The molecule has 1 saturated heterocycles. The number of sulfonamides is 1. The van der Waals surface area contributed by atoms with E-state index in [4.69, 9.17) is 4.74 Å². The summed E-state index contributed by atoms with van der Waals surface area (Å²) in [4.78, 5) is 19.0. The number of ether oxygens (including phenoxy) is 1. The molecule has 1 aliphatic heterocycles. The van der Waals surface area contributed by atoms with Crippen molar-refractivity contribution in [2.75, 3.05) is 26.8 Å². The van der Waals surface area contributed by atoms with Crippen LogP contribution in [0.1, 0.15) is 36.0 Å². The van der Waals surface area contributed by atoms with Crippen LogP contribution < -0.4 is 0 Å². The summed E-state index contributed by atoms with van der Waals surface area (Å²) in [6, 6.07) is 9.06.